The Bertz CT molecular complexity index is 190. The first-order chi connectivity index (χ1) is 5.07. The molecule has 0 aromatic carbocycles. The van der Waals surface area contributed by atoms with Crippen LogP contribution in [-0.2, 0) is 4.79 Å². The highest BCUT2D eigenvalue weighted by atomic mass is 16.3. The van der Waals surface area contributed by atoms with Crippen LogP contribution in [0, 0.1) is 0 Å². The van der Waals surface area contributed by atoms with E-state index in [1.165, 1.54) is 6.08 Å². The topological polar surface area (TPSA) is 37.3 Å². The minimum atomic E-state index is -0.0481. The van der Waals surface area contributed by atoms with Crippen LogP contribution in [0.4, 0.5) is 0 Å². The Morgan fingerprint density at radius 1 is 1.64 bits per heavy atom. The summed E-state index contributed by atoms with van der Waals surface area (Å²) in [5.74, 6) is -0.0588. The number of carbonyl (C=O) groups is 1. The van der Waals surface area contributed by atoms with Crippen molar-refractivity contribution in [2.75, 3.05) is 0 Å². The number of ketones is 1. The Hall–Kier alpha value is -1.05. The lowest BCUT2D eigenvalue weighted by Gasteiger charge is -1.95. The summed E-state index contributed by atoms with van der Waals surface area (Å²) < 4.78 is 0. The van der Waals surface area contributed by atoms with Crippen LogP contribution in [0.1, 0.15) is 26.7 Å². The number of carbonyl (C=O) groups excluding carboxylic acids is 1. The van der Waals surface area contributed by atoms with Gasteiger partial charge in [-0.25, -0.2) is 0 Å². The van der Waals surface area contributed by atoms with E-state index in [9.17, 15) is 4.79 Å². The zero-order valence-electron chi connectivity index (χ0n) is 7.05. The summed E-state index contributed by atoms with van der Waals surface area (Å²) in [6.45, 7) is 7.08. The standard InChI is InChI=1S/C9H14O2/c1-4-5-8(10)6-9(11)7(2)3/h6,11H,2,4-5H2,1,3H3/b9-6+. The molecule has 0 aromatic rings. The van der Waals surface area contributed by atoms with Crippen molar-refractivity contribution in [2.24, 2.45) is 0 Å². The number of allylic oxidation sites excluding steroid dienone is 2. The van der Waals surface area contributed by atoms with Gasteiger partial charge in [0.05, 0.1) is 0 Å². The van der Waals surface area contributed by atoms with Crippen molar-refractivity contribution in [1.29, 1.82) is 0 Å². The molecule has 0 unspecified atom stereocenters. The smallest absolute Gasteiger partial charge is 0.159 e. The monoisotopic (exact) mass is 154 g/mol. The van der Waals surface area contributed by atoms with Gasteiger partial charge in [0.15, 0.2) is 5.78 Å². The summed E-state index contributed by atoms with van der Waals surface area (Å²) >= 11 is 0. The molecule has 0 saturated heterocycles. The van der Waals surface area contributed by atoms with Gasteiger partial charge in [-0.3, -0.25) is 4.79 Å². The van der Waals surface area contributed by atoms with Gasteiger partial charge in [0.25, 0.3) is 0 Å². The van der Waals surface area contributed by atoms with E-state index in [1.54, 1.807) is 6.92 Å². The molecule has 0 saturated carbocycles. The maximum atomic E-state index is 10.9. The van der Waals surface area contributed by atoms with Crippen LogP contribution in [0.25, 0.3) is 0 Å². The van der Waals surface area contributed by atoms with E-state index >= 15 is 0 Å². The molecule has 0 fully saturated rings. The molecule has 0 aliphatic rings. The van der Waals surface area contributed by atoms with Crippen LogP contribution in [-0.4, -0.2) is 10.9 Å². The Morgan fingerprint density at radius 3 is 2.55 bits per heavy atom. The van der Waals surface area contributed by atoms with Crippen LogP contribution in [0.2, 0.25) is 0 Å². The fraction of sp³-hybridized carbons (Fsp3) is 0.444. The average molecular weight is 154 g/mol. The zero-order valence-corrected chi connectivity index (χ0v) is 7.05. The van der Waals surface area contributed by atoms with Crippen LogP contribution >= 0.6 is 0 Å². The van der Waals surface area contributed by atoms with Crippen LogP contribution < -0.4 is 0 Å². The number of hydrogen-bond acceptors (Lipinski definition) is 2. The molecule has 0 spiro atoms. The minimum absolute atomic E-state index is 0.0107. The van der Waals surface area contributed by atoms with E-state index in [2.05, 4.69) is 6.58 Å². The Balaban J connectivity index is 4.08. The third-order valence-electron chi connectivity index (χ3n) is 1.23. The molecule has 2 heteroatoms. The van der Waals surface area contributed by atoms with E-state index in [4.69, 9.17) is 5.11 Å². The van der Waals surface area contributed by atoms with Gasteiger partial charge in [0.1, 0.15) is 5.76 Å². The third-order valence-corrected chi connectivity index (χ3v) is 1.23. The SMILES string of the molecule is C=C(C)/C(O)=C\C(=O)CCC. The molecule has 11 heavy (non-hydrogen) atoms. The molecule has 0 bridgehead atoms. The van der Waals surface area contributed by atoms with Crippen molar-refractivity contribution in [2.45, 2.75) is 26.7 Å². The van der Waals surface area contributed by atoms with Crippen LogP contribution in [0.3, 0.4) is 0 Å². The second-order valence-corrected chi connectivity index (χ2v) is 2.53. The van der Waals surface area contributed by atoms with Gasteiger partial charge in [-0.15, -0.1) is 0 Å². The maximum absolute atomic E-state index is 10.9. The summed E-state index contributed by atoms with van der Waals surface area (Å²) in [6, 6.07) is 0. The lowest BCUT2D eigenvalue weighted by atomic mass is 10.2. The highest BCUT2D eigenvalue weighted by Gasteiger charge is 1.98. The molecule has 62 valence electrons. The maximum Gasteiger partial charge on any atom is 0.159 e. The van der Waals surface area contributed by atoms with E-state index in [-0.39, 0.29) is 11.5 Å². The predicted octanol–water partition coefficient (Wildman–Crippen LogP) is 2.37. The molecular weight excluding hydrogens is 140 g/mol. The van der Waals surface area contributed by atoms with Gasteiger partial charge in [0.2, 0.25) is 0 Å². The number of aliphatic hydroxyl groups excluding tert-OH is 1. The molecule has 1 N–H and O–H groups in total. The number of aliphatic hydroxyl groups is 1. The van der Waals surface area contributed by atoms with Crippen molar-refractivity contribution in [1.82, 2.24) is 0 Å². The fourth-order valence-electron chi connectivity index (χ4n) is 0.594. The summed E-state index contributed by atoms with van der Waals surface area (Å²) in [4.78, 5) is 10.9. The first-order valence-corrected chi connectivity index (χ1v) is 3.67. The Morgan fingerprint density at radius 2 is 2.18 bits per heavy atom. The Labute approximate surface area is 67.2 Å². The largest absolute Gasteiger partial charge is 0.508 e. The lowest BCUT2D eigenvalue weighted by Crippen LogP contribution is -1.94. The van der Waals surface area contributed by atoms with Crippen LogP contribution in [0.15, 0.2) is 24.0 Å². The highest BCUT2D eigenvalue weighted by molar-refractivity contribution is 5.90. The van der Waals surface area contributed by atoms with E-state index < -0.39 is 0 Å². The Kier molecular flexibility index (Phi) is 4.27. The summed E-state index contributed by atoms with van der Waals surface area (Å²) in [6.07, 6.45) is 2.52. The minimum Gasteiger partial charge on any atom is -0.508 e. The van der Waals surface area contributed by atoms with Gasteiger partial charge < -0.3 is 5.11 Å². The fourth-order valence-corrected chi connectivity index (χ4v) is 0.594. The molecule has 0 rings (SSSR count). The average Bonchev–Trinajstić information content (AvgIpc) is 1.87. The predicted molar refractivity (Wildman–Crippen MR) is 45.4 cm³/mol. The summed E-state index contributed by atoms with van der Waals surface area (Å²) in [5.41, 5.74) is 0.523. The van der Waals surface area contributed by atoms with Gasteiger partial charge >= 0.3 is 0 Å². The van der Waals surface area contributed by atoms with Crippen molar-refractivity contribution in [3.63, 3.8) is 0 Å². The molecule has 0 aliphatic heterocycles. The van der Waals surface area contributed by atoms with Crippen LogP contribution in [0.5, 0.6) is 0 Å². The second-order valence-electron chi connectivity index (χ2n) is 2.53. The molecule has 0 heterocycles. The molecule has 0 atom stereocenters. The van der Waals surface area contributed by atoms with E-state index in [0.717, 1.165) is 6.42 Å². The van der Waals surface area contributed by atoms with Crippen molar-refractivity contribution in [3.05, 3.63) is 24.0 Å². The highest BCUT2D eigenvalue weighted by Crippen LogP contribution is 2.03. The molecule has 0 radical (unpaired) electrons. The molecule has 0 aromatic heterocycles. The van der Waals surface area contributed by atoms with Gasteiger partial charge in [-0.05, 0) is 18.9 Å². The molecule has 0 aliphatic carbocycles. The molecular formula is C9H14O2. The van der Waals surface area contributed by atoms with Crippen molar-refractivity contribution >= 4 is 5.78 Å². The van der Waals surface area contributed by atoms with Gasteiger partial charge in [-0.1, -0.05) is 13.5 Å². The number of hydrogen-bond donors (Lipinski definition) is 1. The normalized spacial score (nSPS) is 11.3. The summed E-state index contributed by atoms with van der Waals surface area (Å²) in [5, 5.41) is 9.06. The third kappa shape index (κ3) is 4.37. The molecule has 0 amide bonds. The first kappa shape index (κ1) is 9.95. The van der Waals surface area contributed by atoms with E-state index in [0.29, 0.717) is 12.0 Å². The van der Waals surface area contributed by atoms with Crippen molar-refractivity contribution in [3.8, 4) is 0 Å². The second kappa shape index (κ2) is 4.72. The quantitative estimate of drug-likeness (QED) is 0.383. The van der Waals surface area contributed by atoms with E-state index in [1.807, 2.05) is 6.92 Å². The van der Waals surface area contributed by atoms with Gasteiger partial charge in [-0.2, -0.15) is 0 Å². The van der Waals surface area contributed by atoms with Gasteiger partial charge in [0, 0.05) is 12.5 Å². The summed E-state index contributed by atoms with van der Waals surface area (Å²) in [7, 11) is 0. The first-order valence-electron chi connectivity index (χ1n) is 3.67. The number of rotatable bonds is 4. The molecule has 2 nitrogen and oxygen atoms in total. The van der Waals surface area contributed by atoms with Crippen molar-refractivity contribution < 1.29 is 9.90 Å². The zero-order chi connectivity index (χ0) is 8.85. The lowest BCUT2D eigenvalue weighted by molar-refractivity contribution is -0.114.